The number of carbonyl (C=O) groups excluding carboxylic acids is 3. The van der Waals surface area contributed by atoms with E-state index >= 15 is 0 Å². The Morgan fingerprint density at radius 1 is 1.30 bits per heavy atom. The number of nitrogens with one attached hydrogen (secondary N) is 1. The molecule has 1 saturated heterocycles. The minimum absolute atomic E-state index is 0.0482. The van der Waals surface area contributed by atoms with Crippen molar-refractivity contribution < 1.29 is 14.4 Å². The Hall–Kier alpha value is -1.62. The molecular formula is C15H15NO3S. The molecule has 20 heavy (non-hydrogen) atoms. The lowest BCUT2D eigenvalue weighted by atomic mass is 9.98. The van der Waals surface area contributed by atoms with Crippen LogP contribution in [0.4, 0.5) is 0 Å². The normalized spacial score (nSPS) is 28.3. The van der Waals surface area contributed by atoms with E-state index < -0.39 is 4.75 Å². The first-order chi connectivity index (χ1) is 9.62. The Morgan fingerprint density at radius 2 is 2.05 bits per heavy atom. The second-order valence-electron chi connectivity index (χ2n) is 5.29. The van der Waals surface area contributed by atoms with Crippen LogP contribution in [0.1, 0.15) is 24.8 Å². The average molecular weight is 289 g/mol. The summed E-state index contributed by atoms with van der Waals surface area (Å²) in [6.45, 7) is 0. The topological polar surface area (TPSA) is 63.2 Å². The van der Waals surface area contributed by atoms with Crippen LogP contribution in [0.3, 0.4) is 0 Å². The Morgan fingerprint density at radius 3 is 2.80 bits per heavy atom. The second-order valence-corrected chi connectivity index (χ2v) is 6.68. The van der Waals surface area contributed by atoms with E-state index in [-0.39, 0.29) is 22.8 Å². The van der Waals surface area contributed by atoms with E-state index in [0.717, 1.165) is 23.7 Å². The number of carbonyl (C=O) groups is 3. The van der Waals surface area contributed by atoms with Crippen molar-refractivity contribution in [1.82, 2.24) is 5.32 Å². The highest BCUT2D eigenvalue weighted by Crippen LogP contribution is 2.49. The van der Waals surface area contributed by atoms with E-state index in [1.165, 1.54) is 0 Å². The van der Waals surface area contributed by atoms with Gasteiger partial charge in [-0.25, -0.2) is 0 Å². The molecule has 1 aliphatic carbocycles. The van der Waals surface area contributed by atoms with Gasteiger partial charge in [0.2, 0.25) is 11.8 Å². The van der Waals surface area contributed by atoms with E-state index in [1.54, 1.807) is 0 Å². The molecule has 1 heterocycles. The van der Waals surface area contributed by atoms with Crippen molar-refractivity contribution in [2.45, 2.75) is 30.4 Å². The van der Waals surface area contributed by atoms with Crippen molar-refractivity contribution in [3.8, 4) is 0 Å². The molecule has 1 saturated carbocycles. The summed E-state index contributed by atoms with van der Waals surface area (Å²) in [5, 5.41) is 2.33. The van der Waals surface area contributed by atoms with Crippen LogP contribution in [0.15, 0.2) is 30.3 Å². The van der Waals surface area contributed by atoms with Crippen molar-refractivity contribution in [3.05, 3.63) is 35.9 Å². The summed E-state index contributed by atoms with van der Waals surface area (Å²) in [6, 6.07) is 9.45. The van der Waals surface area contributed by atoms with Crippen molar-refractivity contribution >= 4 is 28.7 Å². The van der Waals surface area contributed by atoms with Crippen LogP contribution in [0.2, 0.25) is 0 Å². The molecule has 1 aliphatic heterocycles. The first kappa shape index (κ1) is 13.4. The molecule has 0 radical (unpaired) electrons. The molecule has 0 aromatic heterocycles. The quantitative estimate of drug-likeness (QED) is 0.860. The lowest BCUT2D eigenvalue weighted by molar-refractivity contribution is -0.126. The molecule has 2 fully saturated rings. The number of imide groups is 1. The maximum absolute atomic E-state index is 12.2. The lowest BCUT2D eigenvalue weighted by Crippen LogP contribution is -2.37. The second kappa shape index (κ2) is 5.05. The summed E-state index contributed by atoms with van der Waals surface area (Å²) in [5.74, 6) is -0.830. The van der Waals surface area contributed by atoms with Crippen LogP contribution in [-0.2, 0) is 20.8 Å². The fourth-order valence-electron chi connectivity index (χ4n) is 3.07. The van der Waals surface area contributed by atoms with Gasteiger partial charge in [0.15, 0.2) is 5.12 Å². The monoisotopic (exact) mass is 289 g/mol. The Labute approximate surface area is 121 Å². The highest BCUT2D eigenvalue weighted by molar-refractivity contribution is 8.15. The zero-order valence-corrected chi connectivity index (χ0v) is 11.7. The van der Waals surface area contributed by atoms with Crippen molar-refractivity contribution in [2.75, 3.05) is 0 Å². The number of fused-ring (bicyclic) bond motifs is 1. The van der Waals surface area contributed by atoms with Gasteiger partial charge < -0.3 is 0 Å². The molecule has 2 unspecified atom stereocenters. The van der Waals surface area contributed by atoms with E-state index in [4.69, 9.17) is 0 Å². The fraction of sp³-hybridized carbons (Fsp3) is 0.400. The molecule has 1 aromatic rings. The zero-order valence-electron chi connectivity index (χ0n) is 10.9. The van der Waals surface area contributed by atoms with Crippen LogP contribution in [0.25, 0.3) is 0 Å². The first-order valence-corrected chi connectivity index (χ1v) is 7.54. The number of rotatable bonds is 3. The summed E-state index contributed by atoms with van der Waals surface area (Å²) >= 11 is 1.06. The van der Waals surface area contributed by atoms with Crippen molar-refractivity contribution in [2.24, 2.45) is 5.92 Å². The number of benzene rings is 1. The minimum Gasteiger partial charge on any atom is -0.295 e. The van der Waals surface area contributed by atoms with Gasteiger partial charge in [-0.15, -0.1) is 0 Å². The highest BCUT2D eigenvalue weighted by atomic mass is 32.2. The van der Waals surface area contributed by atoms with E-state index in [9.17, 15) is 14.4 Å². The van der Waals surface area contributed by atoms with Gasteiger partial charge in [-0.2, -0.15) is 0 Å². The van der Waals surface area contributed by atoms with Gasteiger partial charge in [-0.05, 0) is 18.4 Å². The number of hydrogen-bond acceptors (Lipinski definition) is 4. The van der Waals surface area contributed by atoms with Crippen molar-refractivity contribution in [3.63, 3.8) is 0 Å². The first-order valence-electron chi connectivity index (χ1n) is 6.73. The van der Waals surface area contributed by atoms with Gasteiger partial charge in [-0.3, -0.25) is 19.7 Å². The molecule has 1 aromatic carbocycles. The predicted molar refractivity (Wildman–Crippen MR) is 76.0 cm³/mol. The summed E-state index contributed by atoms with van der Waals surface area (Å²) in [7, 11) is 0. The molecule has 104 valence electrons. The van der Waals surface area contributed by atoms with Gasteiger partial charge in [0.05, 0.1) is 5.92 Å². The van der Waals surface area contributed by atoms with E-state index in [0.29, 0.717) is 19.3 Å². The fourth-order valence-corrected chi connectivity index (χ4v) is 4.47. The lowest BCUT2D eigenvalue weighted by Gasteiger charge is -2.22. The molecular weight excluding hydrogens is 274 g/mol. The van der Waals surface area contributed by atoms with Crippen LogP contribution in [-0.4, -0.2) is 21.7 Å². The minimum atomic E-state index is -0.844. The number of hydrogen-bond donors (Lipinski definition) is 1. The standard InChI is InChI=1S/C15H15NO3S/c17-12(9-10-5-2-1-3-6-10)20-15-8-4-7-11(15)13(18)16-14(15)19/h1-3,5-6,11H,4,7-9H2,(H,16,18,19). The Balaban J connectivity index is 1.75. The summed E-state index contributed by atoms with van der Waals surface area (Å²) in [6.07, 6.45) is 2.43. The Bertz CT molecular complexity index is 572. The summed E-state index contributed by atoms with van der Waals surface area (Å²) < 4.78 is -0.844. The number of amides is 2. The van der Waals surface area contributed by atoms with Gasteiger partial charge in [0, 0.05) is 6.42 Å². The van der Waals surface area contributed by atoms with Crippen LogP contribution < -0.4 is 5.32 Å². The van der Waals surface area contributed by atoms with Crippen LogP contribution in [0.5, 0.6) is 0 Å². The summed E-state index contributed by atoms with van der Waals surface area (Å²) in [5.41, 5.74) is 0.931. The van der Waals surface area contributed by atoms with E-state index in [2.05, 4.69) is 5.32 Å². The molecule has 1 N–H and O–H groups in total. The highest BCUT2D eigenvalue weighted by Gasteiger charge is 2.59. The predicted octanol–water partition coefficient (Wildman–Crippen LogP) is 1.68. The molecule has 4 nitrogen and oxygen atoms in total. The molecule has 2 atom stereocenters. The smallest absolute Gasteiger partial charge is 0.244 e. The third-order valence-corrected chi connectivity index (χ3v) is 5.44. The van der Waals surface area contributed by atoms with E-state index in [1.807, 2.05) is 30.3 Å². The van der Waals surface area contributed by atoms with Gasteiger partial charge in [0.25, 0.3) is 0 Å². The van der Waals surface area contributed by atoms with Crippen molar-refractivity contribution in [1.29, 1.82) is 0 Å². The molecule has 2 amide bonds. The molecule has 0 spiro atoms. The molecule has 2 aliphatic rings. The van der Waals surface area contributed by atoms with Gasteiger partial charge in [0.1, 0.15) is 4.75 Å². The maximum atomic E-state index is 12.2. The van der Waals surface area contributed by atoms with Gasteiger partial charge >= 0.3 is 0 Å². The molecule has 0 bridgehead atoms. The van der Waals surface area contributed by atoms with Crippen LogP contribution >= 0.6 is 11.8 Å². The third-order valence-electron chi connectivity index (χ3n) is 4.03. The van der Waals surface area contributed by atoms with Gasteiger partial charge in [-0.1, -0.05) is 48.5 Å². The third kappa shape index (κ3) is 2.16. The average Bonchev–Trinajstić information content (AvgIpc) is 2.92. The van der Waals surface area contributed by atoms with Crippen LogP contribution in [0, 0.1) is 5.92 Å². The maximum Gasteiger partial charge on any atom is 0.244 e. The summed E-state index contributed by atoms with van der Waals surface area (Å²) in [4.78, 5) is 36.1. The number of thioether (sulfide) groups is 1. The SMILES string of the molecule is O=C(Cc1ccccc1)SC12CCCC1C(=O)NC2=O. The Kier molecular flexibility index (Phi) is 3.38. The molecule has 3 rings (SSSR count). The largest absolute Gasteiger partial charge is 0.295 e. The zero-order chi connectivity index (χ0) is 14.2. The molecule has 5 heteroatoms.